The summed E-state index contributed by atoms with van der Waals surface area (Å²) in [5, 5.41) is 13.6. The van der Waals surface area contributed by atoms with Crippen molar-refractivity contribution >= 4 is 28.8 Å². The monoisotopic (exact) mass is 323 g/mol. The molecule has 0 unspecified atom stereocenters. The van der Waals surface area contributed by atoms with Crippen molar-refractivity contribution in [2.24, 2.45) is 5.73 Å². The normalized spacial score (nSPS) is 10.9. The number of aryl methyl sites for hydroxylation is 2. The van der Waals surface area contributed by atoms with E-state index in [1.54, 1.807) is 4.68 Å². The maximum Gasteiger partial charge on any atom is 0.186 e. The number of hydrogen-bond acceptors (Lipinski definition) is 4. The Hall–Kier alpha value is -1.53. The molecule has 0 aliphatic rings. The fourth-order valence-corrected chi connectivity index (χ4v) is 2.73. The average Bonchev–Trinajstić information content (AvgIpc) is 2.72. The smallest absolute Gasteiger partial charge is 0.186 e. The maximum absolute atomic E-state index is 6.22. The number of nitrogens with two attached hydrogens (primary N) is 1. The van der Waals surface area contributed by atoms with Crippen LogP contribution in [0.2, 0.25) is 5.02 Å². The lowest BCUT2D eigenvalue weighted by Gasteiger charge is -2.15. The lowest BCUT2D eigenvalue weighted by Crippen LogP contribution is -2.21. The van der Waals surface area contributed by atoms with Gasteiger partial charge in [0.1, 0.15) is 4.99 Å². The number of thiocarbonyl (C=S) groups is 1. The zero-order valence-electron chi connectivity index (χ0n) is 12.6. The average molecular weight is 324 g/mol. The van der Waals surface area contributed by atoms with Crippen LogP contribution >= 0.6 is 23.8 Å². The second-order valence-corrected chi connectivity index (χ2v) is 5.61. The van der Waals surface area contributed by atoms with Gasteiger partial charge in [-0.1, -0.05) is 37.7 Å². The molecule has 0 saturated heterocycles. The lowest BCUT2D eigenvalue weighted by atomic mass is 10.0. The fourth-order valence-electron chi connectivity index (χ4n) is 2.40. The summed E-state index contributed by atoms with van der Waals surface area (Å²) >= 11 is 11.4. The molecule has 0 amide bonds. The van der Waals surface area contributed by atoms with Crippen molar-refractivity contribution in [3.05, 3.63) is 33.2 Å². The minimum absolute atomic E-state index is 0.301. The van der Waals surface area contributed by atoms with E-state index in [0.717, 1.165) is 41.1 Å². The molecule has 0 atom stereocenters. The molecule has 0 fully saturated rings. The Morgan fingerprint density at radius 3 is 2.33 bits per heavy atom. The molecule has 0 radical (unpaired) electrons. The van der Waals surface area contributed by atoms with E-state index >= 15 is 0 Å². The van der Waals surface area contributed by atoms with Crippen molar-refractivity contribution in [2.75, 3.05) is 0 Å². The first kappa shape index (κ1) is 15.9. The van der Waals surface area contributed by atoms with E-state index in [-0.39, 0.29) is 0 Å². The van der Waals surface area contributed by atoms with E-state index in [4.69, 9.17) is 29.6 Å². The van der Waals surface area contributed by atoms with Crippen LogP contribution in [-0.4, -0.2) is 25.0 Å². The van der Waals surface area contributed by atoms with Gasteiger partial charge in [-0.05, 0) is 32.3 Å². The van der Waals surface area contributed by atoms with Gasteiger partial charge in [0.15, 0.2) is 5.82 Å². The van der Waals surface area contributed by atoms with Crippen molar-refractivity contribution in [1.82, 2.24) is 20.0 Å². The van der Waals surface area contributed by atoms with Gasteiger partial charge in [-0.25, -0.2) is 4.68 Å². The summed E-state index contributed by atoms with van der Waals surface area (Å²) in [5.74, 6) is 0.545. The van der Waals surface area contributed by atoms with E-state index in [1.165, 1.54) is 0 Å². The summed E-state index contributed by atoms with van der Waals surface area (Å²) in [6, 6.07) is 0. The van der Waals surface area contributed by atoms with Gasteiger partial charge in [0.05, 0.1) is 27.7 Å². The van der Waals surface area contributed by atoms with Crippen molar-refractivity contribution < 1.29 is 0 Å². The van der Waals surface area contributed by atoms with Gasteiger partial charge in [0, 0.05) is 0 Å². The molecule has 21 heavy (non-hydrogen) atoms. The van der Waals surface area contributed by atoms with Crippen molar-refractivity contribution in [3.63, 3.8) is 0 Å². The van der Waals surface area contributed by atoms with Crippen molar-refractivity contribution in [1.29, 1.82) is 0 Å². The van der Waals surface area contributed by atoms with E-state index in [0.29, 0.717) is 15.8 Å². The fraction of sp³-hybridized carbons (Fsp3) is 0.429. The first-order chi connectivity index (χ1) is 9.92. The van der Waals surface area contributed by atoms with Crippen LogP contribution in [0.1, 0.15) is 42.1 Å². The SMILES string of the molecule is CCc1nnc(-n2nc(C)c(Cl)c2C)c(C(N)=S)c1CC. The molecule has 112 valence electrons. The Kier molecular flexibility index (Phi) is 4.58. The molecule has 0 bridgehead atoms. The van der Waals surface area contributed by atoms with Crippen LogP contribution < -0.4 is 5.73 Å². The second-order valence-electron chi connectivity index (χ2n) is 4.79. The Morgan fingerprint density at radius 1 is 1.24 bits per heavy atom. The third-order valence-electron chi connectivity index (χ3n) is 3.48. The zero-order valence-corrected chi connectivity index (χ0v) is 14.1. The molecule has 2 rings (SSSR count). The summed E-state index contributed by atoms with van der Waals surface area (Å²) in [6.07, 6.45) is 1.56. The second kappa shape index (κ2) is 6.07. The molecular weight excluding hydrogens is 306 g/mol. The van der Waals surface area contributed by atoms with Crippen LogP contribution in [0.4, 0.5) is 0 Å². The van der Waals surface area contributed by atoms with E-state index < -0.39 is 0 Å². The highest BCUT2D eigenvalue weighted by molar-refractivity contribution is 7.80. The van der Waals surface area contributed by atoms with Gasteiger partial charge in [0.25, 0.3) is 0 Å². The quantitative estimate of drug-likeness (QED) is 0.876. The van der Waals surface area contributed by atoms with Crippen LogP contribution in [0.25, 0.3) is 5.82 Å². The first-order valence-electron chi connectivity index (χ1n) is 6.82. The topological polar surface area (TPSA) is 69.6 Å². The number of rotatable bonds is 4. The van der Waals surface area contributed by atoms with Gasteiger partial charge in [0.2, 0.25) is 0 Å². The van der Waals surface area contributed by atoms with Crippen molar-refractivity contribution in [2.45, 2.75) is 40.5 Å². The first-order valence-corrected chi connectivity index (χ1v) is 7.61. The van der Waals surface area contributed by atoms with Gasteiger partial charge in [-0.15, -0.1) is 5.10 Å². The Labute approximate surface area is 134 Å². The minimum Gasteiger partial charge on any atom is -0.389 e. The third kappa shape index (κ3) is 2.65. The highest BCUT2D eigenvalue weighted by Gasteiger charge is 2.21. The summed E-state index contributed by atoms with van der Waals surface area (Å²) < 4.78 is 1.66. The number of nitrogens with zero attached hydrogens (tertiary/aromatic N) is 4. The molecule has 5 nitrogen and oxygen atoms in total. The molecule has 0 aromatic carbocycles. The summed E-state index contributed by atoms with van der Waals surface area (Å²) in [5.41, 5.74) is 10.2. The largest absolute Gasteiger partial charge is 0.389 e. The molecule has 0 aliphatic carbocycles. The van der Waals surface area contributed by atoms with Crippen LogP contribution in [0, 0.1) is 13.8 Å². The number of aromatic nitrogens is 4. The Morgan fingerprint density at radius 2 is 1.90 bits per heavy atom. The number of halogens is 1. The van der Waals surface area contributed by atoms with E-state index in [9.17, 15) is 0 Å². The summed E-state index contributed by atoms with van der Waals surface area (Å²) in [4.78, 5) is 0.301. The third-order valence-corrected chi connectivity index (χ3v) is 4.23. The van der Waals surface area contributed by atoms with Crippen LogP contribution in [0.3, 0.4) is 0 Å². The molecular formula is C14H18ClN5S. The minimum atomic E-state index is 0.301. The van der Waals surface area contributed by atoms with E-state index in [1.807, 2.05) is 20.8 Å². The predicted molar refractivity (Wildman–Crippen MR) is 88.3 cm³/mol. The molecule has 0 saturated carbocycles. The van der Waals surface area contributed by atoms with Gasteiger partial charge in [-0.3, -0.25) is 0 Å². The van der Waals surface area contributed by atoms with Crippen LogP contribution in [-0.2, 0) is 12.8 Å². The molecule has 7 heteroatoms. The Balaban J connectivity index is 2.80. The molecule has 0 aliphatic heterocycles. The Bertz CT molecular complexity index is 708. The highest BCUT2D eigenvalue weighted by Crippen LogP contribution is 2.25. The van der Waals surface area contributed by atoms with Gasteiger partial charge >= 0.3 is 0 Å². The molecule has 2 heterocycles. The highest BCUT2D eigenvalue weighted by atomic mass is 35.5. The summed E-state index contributed by atoms with van der Waals surface area (Å²) in [6.45, 7) is 7.82. The zero-order chi connectivity index (χ0) is 15.7. The molecule has 2 aromatic heterocycles. The van der Waals surface area contributed by atoms with Crippen LogP contribution in [0.5, 0.6) is 0 Å². The standard InChI is InChI=1S/C14H18ClN5S/c1-5-9-10(6-2)17-18-14(11(9)13(16)21)20-8(4)12(15)7(3)19-20/h5-6H2,1-4H3,(H2,16,21). The van der Waals surface area contributed by atoms with Crippen molar-refractivity contribution in [3.8, 4) is 5.82 Å². The summed E-state index contributed by atoms with van der Waals surface area (Å²) in [7, 11) is 0. The molecule has 2 N–H and O–H groups in total. The molecule has 2 aromatic rings. The predicted octanol–water partition coefficient (Wildman–Crippen LogP) is 2.69. The number of hydrogen-bond donors (Lipinski definition) is 1. The van der Waals surface area contributed by atoms with Gasteiger partial charge in [-0.2, -0.15) is 10.2 Å². The van der Waals surface area contributed by atoms with Crippen LogP contribution in [0.15, 0.2) is 0 Å². The van der Waals surface area contributed by atoms with E-state index in [2.05, 4.69) is 22.2 Å². The van der Waals surface area contributed by atoms with Gasteiger partial charge < -0.3 is 5.73 Å². The molecule has 0 spiro atoms. The lowest BCUT2D eigenvalue weighted by molar-refractivity contribution is 0.757. The maximum atomic E-state index is 6.22.